The van der Waals surface area contributed by atoms with Crippen LogP contribution in [0.1, 0.15) is 73.8 Å². The average molecular weight is 448 g/mol. The van der Waals surface area contributed by atoms with Gasteiger partial charge in [0.2, 0.25) is 0 Å². The molecule has 2 fully saturated rings. The van der Waals surface area contributed by atoms with Gasteiger partial charge in [-0.25, -0.2) is 9.78 Å². The number of anilines is 2. The monoisotopic (exact) mass is 447 g/mol. The van der Waals surface area contributed by atoms with Gasteiger partial charge in [-0.15, -0.1) is 0 Å². The fraction of sp³-hybridized carbons (Fsp3) is 0.440. The highest BCUT2D eigenvalue weighted by Gasteiger charge is 2.28. The fourth-order valence-corrected chi connectivity index (χ4v) is 4.68. The maximum atomic E-state index is 13.3. The van der Waals surface area contributed by atoms with E-state index < -0.39 is 11.2 Å². The molecule has 8 nitrogen and oxygen atoms in total. The summed E-state index contributed by atoms with van der Waals surface area (Å²) in [5.74, 6) is -0.116. The van der Waals surface area contributed by atoms with E-state index in [1.165, 1.54) is 36.7 Å². The maximum absolute atomic E-state index is 13.3. The zero-order valence-electron chi connectivity index (χ0n) is 18.8. The molecule has 8 heteroatoms. The van der Waals surface area contributed by atoms with Gasteiger partial charge in [-0.3, -0.25) is 19.1 Å². The molecule has 0 bridgehead atoms. The second-order valence-corrected chi connectivity index (χ2v) is 9.08. The van der Waals surface area contributed by atoms with E-state index in [1.807, 2.05) is 31.2 Å². The largest absolute Gasteiger partial charge is 0.382 e. The van der Waals surface area contributed by atoms with E-state index in [4.69, 9.17) is 0 Å². The summed E-state index contributed by atoms with van der Waals surface area (Å²) < 4.78 is 1.41. The molecule has 3 N–H and O–H groups in total. The van der Waals surface area contributed by atoms with Crippen LogP contribution in [0.5, 0.6) is 0 Å². The molecule has 3 aromatic rings. The molecule has 172 valence electrons. The third-order valence-electron chi connectivity index (χ3n) is 6.64. The summed E-state index contributed by atoms with van der Waals surface area (Å²) in [7, 11) is 0. The second-order valence-electron chi connectivity index (χ2n) is 9.08. The third-order valence-corrected chi connectivity index (χ3v) is 6.64. The highest BCUT2D eigenvalue weighted by atomic mass is 16.2. The lowest BCUT2D eigenvalue weighted by Gasteiger charge is -2.23. The predicted octanol–water partition coefficient (Wildman–Crippen LogP) is 3.98. The number of amides is 1. The van der Waals surface area contributed by atoms with E-state index in [9.17, 15) is 14.4 Å². The highest BCUT2D eigenvalue weighted by molar-refractivity contribution is 6.11. The van der Waals surface area contributed by atoms with Crippen LogP contribution in [0.3, 0.4) is 0 Å². The van der Waals surface area contributed by atoms with Gasteiger partial charge in [0.25, 0.3) is 11.5 Å². The van der Waals surface area contributed by atoms with Crippen LogP contribution in [-0.4, -0.2) is 26.5 Å². The Morgan fingerprint density at radius 3 is 2.42 bits per heavy atom. The number of benzene rings is 1. The molecule has 2 aliphatic carbocycles. The summed E-state index contributed by atoms with van der Waals surface area (Å²) in [6, 6.07) is 9.86. The predicted molar refractivity (Wildman–Crippen MR) is 129 cm³/mol. The zero-order chi connectivity index (χ0) is 22.9. The Hall–Kier alpha value is -3.42. The van der Waals surface area contributed by atoms with Gasteiger partial charge in [0, 0.05) is 35.6 Å². The van der Waals surface area contributed by atoms with Crippen LogP contribution in [0.15, 0.2) is 39.9 Å². The Labute approximate surface area is 191 Å². The number of nitrogens with zero attached hydrogens (tertiary/aromatic N) is 2. The molecule has 0 unspecified atom stereocenters. The summed E-state index contributed by atoms with van der Waals surface area (Å²) in [6.07, 6.45) is 8.21. The van der Waals surface area contributed by atoms with Crippen molar-refractivity contribution in [1.29, 1.82) is 0 Å². The van der Waals surface area contributed by atoms with Gasteiger partial charge in [-0.05, 0) is 62.9 Å². The summed E-state index contributed by atoms with van der Waals surface area (Å²) in [5, 5.41) is 6.63. The second kappa shape index (κ2) is 8.84. The number of nitrogens with one attached hydrogen (secondary N) is 3. The normalized spacial score (nSPS) is 16.6. The quantitative estimate of drug-likeness (QED) is 0.530. The lowest BCUT2D eigenvalue weighted by Crippen LogP contribution is -2.32. The van der Waals surface area contributed by atoms with Crippen molar-refractivity contribution in [2.45, 2.75) is 70.4 Å². The molecule has 1 aromatic carbocycles. The first-order chi connectivity index (χ1) is 16.0. The fourth-order valence-electron chi connectivity index (χ4n) is 4.68. The van der Waals surface area contributed by atoms with Gasteiger partial charge in [-0.2, -0.15) is 0 Å². The first-order valence-corrected chi connectivity index (χ1v) is 11.9. The molecule has 2 saturated carbocycles. The number of pyridine rings is 1. The van der Waals surface area contributed by atoms with Crippen molar-refractivity contribution in [3.05, 3.63) is 62.4 Å². The lowest BCUT2D eigenvalue weighted by molar-refractivity contribution is 0.102. The topological polar surface area (TPSA) is 109 Å². The van der Waals surface area contributed by atoms with Crippen LogP contribution < -0.4 is 21.9 Å². The molecule has 0 radical (unpaired) electrons. The van der Waals surface area contributed by atoms with Crippen LogP contribution in [-0.2, 0) is 6.54 Å². The first-order valence-electron chi connectivity index (χ1n) is 11.9. The molecule has 0 atom stereocenters. The standard InChI is InChI=1S/C25H29N5O3/c1-2-30-22-21(24(32)29-25(30)33)19(14-20(28-22)15-8-9-15)23(31)27-18-12-10-17(11-13-18)26-16-6-4-3-5-7-16/h10-16,26H,2-9H2,1H3,(H,27,31)(H,29,32,33). The van der Waals surface area contributed by atoms with Crippen molar-refractivity contribution >= 4 is 28.3 Å². The number of hydrogen-bond acceptors (Lipinski definition) is 5. The Morgan fingerprint density at radius 2 is 1.76 bits per heavy atom. The summed E-state index contributed by atoms with van der Waals surface area (Å²) in [6.45, 7) is 2.16. The summed E-state index contributed by atoms with van der Waals surface area (Å²) >= 11 is 0. The Balaban J connectivity index is 1.44. The number of H-pyrrole nitrogens is 1. The van der Waals surface area contributed by atoms with Crippen molar-refractivity contribution < 1.29 is 4.79 Å². The zero-order valence-corrected chi connectivity index (χ0v) is 18.8. The maximum Gasteiger partial charge on any atom is 0.329 e. The molecule has 2 aliphatic rings. The minimum absolute atomic E-state index is 0.147. The molecule has 0 spiro atoms. The molecule has 0 saturated heterocycles. The van der Waals surface area contributed by atoms with Crippen LogP contribution in [0.2, 0.25) is 0 Å². The number of fused-ring (bicyclic) bond motifs is 1. The van der Waals surface area contributed by atoms with E-state index in [0.717, 1.165) is 24.2 Å². The van der Waals surface area contributed by atoms with Crippen LogP contribution in [0.25, 0.3) is 11.0 Å². The van der Waals surface area contributed by atoms with Gasteiger partial charge in [0.15, 0.2) is 5.65 Å². The van der Waals surface area contributed by atoms with Crippen LogP contribution in [0, 0.1) is 0 Å². The molecule has 2 aromatic heterocycles. The number of aromatic nitrogens is 3. The highest BCUT2D eigenvalue weighted by Crippen LogP contribution is 2.40. The number of aryl methyl sites for hydroxylation is 1. The van der Waals surface area contributed by atoms with Crippen molar-refractivity contribution in [1.82, 2.24) is 14.5 Å². The van der Waals surface area contributed by atoms with Crippen LogP contribution >= 0.6 is 0 Å². The van der Waals surface area contributed by atoms with E-state index in [0.29, 0.717) is 18.3 Å². The van der Waals surface area contributed by atoms with E-state index >= 15 is 0 Å². The molecule has 33 heavy (non-hydrogen) atoms. The summed E-state index contributed by atoms with van der Waals surface area (Å²) in [4.78, 5) is 45.2. The summed E-state index contributed by atoms with van der Waals surface area (Å²) in [5.41, 5.74) is 1.85. The SMILES string of the molecule is CCn1c(=O)[nH]c(=O)c2c(C(=O)Nc3ccc(NC4CCCCC4)cc3)cc(C3CC3)nc21. The minimum Gasteiger partial charge on any atom is -0.382 e. The first kappa shape index (κ1) is 21.4. The van der Waals surface area contributed by atoms with Crippen molar-refractivity contribution in [2.24, 2.45) is 0 Å². The molecule has 2 heterocycles. The van der Waals surface area contributed by atoms with E-state index in [-0.39, 0.29) is 28.4 Å². The van der Waals surface area contributed by atoms with Crippen molar-refractivity contribution in [3.8, 4) is 0 Å². The number of carbonyl (C=O) groups excluding carboxylic acids is 1. The van der Waals surface area contributed by atoms with Crippen molar-refractivity contribution in [3.63, 3.8) is 0 Å². The lowest BCUT2D eigenvalue weighted by atomic mass is 9.95. The molecule has 1 amide bonds. The minimum atomic E-state index is -0.591. The molecule has 0 aliphatic heterocycles. The average Bonchev–Trinajstić information content (AvgIpc) is 3.66. The molecular formula is C25H29N5O3. The number of hydrogen-bond donors (Lipinski definition) is 3. The van der Waals surface area contributed by atoms with Crippen molar-refractivity contribution in [2.75, 3.05) is 10.6 Å². The van der Waals surface area contributed by atoms with Gasteiger partial charge in [-0.1, -0.05) is 19.3 Å². The van der Waals surface area contributed by atoms with Gasteiger partial charge >= 0.3 is 5.69 Å². The van der Waals surface area contributed by atoms with Gasteiger partial charge < -0.3 is 10.6 Å². The number of aromatic amines is 1. The number of carbonyl (C=O) groups is 1. The van der Waals surface area contributed by atoms with Gasteiger partial charge in [0.05, 0.1) is 10.9 Å². The molecular weight excluding hydrogens is 418 g/mol. The van der Waals surface area contributed by atoms with Gasteiger partial charge in [0.1, 0.15) is 0 Å². The Bertz CT molecular complexity index is 1300. The Morgan fingerprint density at radius 1 is 1.06 bits per heavy atom. The molecule has 5 rings (SSSR count). The third kappa shape index (κ3) is 4.42. The number of rotatable bonds is 6. The van der Waals surface area contributed by atoms with Crippen LogP contribution in [0.4, 0.5) is 11.4 Å². The van der Waals surface area contributed by atoms with E-state index in [1.54, 1.807) is 6.07 Å². The Kier molecular flexibility index (Phi) is 5.74. The van der Waals surface area contributed by atoms with E-state index in [2.05, 4.69) is 20.6 Å². The smallest absolute Gasteiger partial charge is 0.329 e.